The lowest BCUT2D eigenvalue weighted by Crippen LogP contribution is -2.63. The van der Waals surface area contributed by atoms with Crippen LogP contribution in [0.2, 0.25) is 0 Å². The maximum Gasteiger partial charge on any atom is 0.383 e. The fourth-order valence-corrected chi connectivity index (χ4v) is 4.28. The number of allylic oxidation sites excluding steroid dienone is 1. The highest BCUT2D eigenvalue weighted by molar-refractivity contribution is 5.86. The number of hydrogen-bond donors (Lipinski definition) is 1. The summed E-state index contributed by atoms with van der Waals surface area (Å²) in [5, 5.41) is 10.8. The van der Waals surface area contributed by atoms with Gasteiger partial charge < -0.3 is 42.7 Å². The third-order valence-corrected chi connectivity index (χ3v) is 5.95. The van der Waals surface area contributed by atoms with E-state index in [4.69, 9.17) is 37.6 Å². The molecular formula is C29H34O14. The van der Waals surface area contributed by atoms with Gasteiger partial charge in [-0.05, 0) is 25.0 Å². The van der Waals surface area contributed by atoms with Crippen LogP contribution >= 0.6 is 0 Å². The first kappa shape index (κ1) is 32.9. The number of benzene rings is 1. The van der Waals surface area contributed by atoms with Crippen LogP contribution in [0, 0.1) is 0 Å². The van der Waals surface area contributed by atoms with Crippen molar-refractivity contribution in [3.8, 4) is 17.2 Å². The maximum absolute atomic E-state index is 12.6. The van der Waals surface area contributed by atoms with Gasteiger partial charge in [0.25, 0.3) is 0 Å². The van der Waals surface area contributed by atoms with Crippen LogP contribution in [0.5, 0.6) is 17.2 Å². The summed E-state index contributed by atoms with van der Waals surface area (Å²) in [6.07, 6.45) is -1.77. The lowest BCUT2D eigenvalue weighted by molar-refractivity contribution is -0.288. The summed E-state index contributed by atoms with van der Waals surface area (Å²) >= 11 is 0. The predicted octanol–water partition coefficient (Wildman–Crippen LogP) is 2.70. The van der Waals surface area contributed by atoms with E-state index in [0.29, 0.717) is 6.42 Å². The third-order valence-electron chi connectivity index (χ3n) is 5.95. The van der Waals surface area contributed by atoms with Gasteiger partial charge in [0.1, 0.15) is 24.0 Å². The average molecular weight is 607 g/mol. The van der Waals surface area contributed by atoms with Crippen molar-refractivity contribution in [1.29, 1.82) is 0 Å². The number of esters is 4. The Labute approximate surface area is 246 Å². The van der Waals surface area contributed by atoms with Crippen LogP contribution in [0.1, 0.15) is 47.5 Å². The van der Waals surface area contributed by atoms with Gasteiger partial charge in [0, 0.05) is 33.8 Å². The lowest BCUT2D eigenvalue weighted by Gasteiger charge is -2.43. The number of carbonyl (C=O) groups is 4. The lowest BCUT2D eigenvalue weighted by atomic mass is 9.98. The summed E-state index contributed by atoms with van der Waals surface area (Å²) in [5.74, 6) is -3.78. The first-order chi connectivity index (χ1) is 20.4. The van der Waals surface area contributed by atoms with Crippen molar-refractivity contribution in [2.45, 2.75) is 78.2 Å². The largest absolute Gasteiger partial charge is 0.504 e. The average Bonchev–Trinajstić information content (AvgIpc) is 2.91. The van der Waals surface area contributed by atoms with E-state index in [0.717, 1.165) is 34.1 Å². The molecule has 234 valence electrons. The molecule has 1 aliphatic rings. The minimum absolute atomic E-state index is 0.0225. The standard InChI is InChI=1S/C29H34O14/c1-6-7-8-9-12-36-25-23(34)20-11-10-19(13-21(20)42-28(25)35)41-29-27(40-18(5)33)26(39-17(4)32)24(38-16(3)31)22(43-29)14-37-15(2)30/h7-8,10-11,13,22,24,26-27,29,34H,6,9,12,14H2,1-5H3/t22-,24-,26+,27-,29-/m1/s1. The van der Waals surface area contributed by atoms with E-state index in [1.807, 2.05) is 19.1 Å². The molecule has 1 fully saturated rings. The van der Waals surface area contributed by atoms with Crippen molar-refractivity contribution < 1.29 is 61.9 Å². The molecule has 3 rings (SSSR count). The summed E-state index contributed by atoms with van der Waals surface area (Å²) in [7, 11) is 0. The molecule has 0 spiro atoms. The summed E-state index contributed by atoms with van der Waals surface area (Å²) in [6.45, 7) is 6.14. The molecular weight excluding hydrogens is 572 g/mol. The quantitative estimate of drug-likeness (QED) is 0.122. The number of hydrogen-bond acceptors (Lipinski definition) is 14. The Bertz CT molecular complexity index is 1410. The van der Waals surface area contributed by atoms with E-state index < -0.39 is 72.6 Å². The minimum Gasteiger partial charge on any atom is -0.504 e. The van der Waals surface area contributed by atoms with Crippen molar-refractivity contribution >= 4 is 34.8 Å². The number of carbonyl (C=O) groups excluding carboxylic acids is 4. The highest BCUT2D eigenvalue weighted by atomic mass is 16.7. The van der Waals surface area contributed by atoms with Crippen LogP contribution < -0.4 is 15.1 Å². The van der Waals surface area contributed by atoms with Gasteiger partial charge in [-0.3, -0.25) is 19.2 Å². The number of fused-ring (bicyclic) bond motifs is 1. The zero-order valence-corrected chi connectivity index (χ0v) is 24.4. The van der Waals surface area contributed by atoms with Crippen LogP contribution in [0.15, 0.2) is 39.6 Å². The van der Waals surface area contributed by atoms with Crippen molar-refractivity contribution in [2.75, 3.05) is 13.2 Å². The SMILES string of the molecule is CCC=CCCOc1c(O)c2ccc(O[C@@H]3O[C@H](COC(C)=O)[C@@H](OC(C)=O)[C@H](OC(C)=O)[C@H]3OC(C)=O)cc2oc1=O. The smallest absolute Gasteiger partial charge is 0.383 e. The van der Waals surface area contributed by atoms with Crippen LogP contribution in [-0.2, 0) is 42.9 Å². The van der Waals surface area contributed by atoms with Gasteiger partial charge in [-0.15, -0.1) is 0 Å². The zero-order valence-electron chi connectivity index (χ0n) is 24.4. The van der Waals surface area contributed by atoms with E-state index in [9.17, 15) is 29.1 Å². The first-order valence-electron chi connectivity index (χ1n) is 13.5. The Balaban J connectivity index is 1.96. The second-order valence-corrected chi connectivity index (χ2v) is 9.43. The zero-order chi connectivity index (χ0) is 31.7. The molecule has 2 heterocycles. The predicted molar refractivity (Wildman–Crippen MR) is 146 cm³/mol. The molecule has 1 saturated heterocycles. The highest BCUT2D eigenvalue weighted by Gasteiger charge is 2.53. The van der Waals surface area contributed by atoms with Crippen LogP contribution in [-0.4, -0.2) is 72.9 Å². The molecule has 1 aromatic carbocycles. The number of ether oxygens (including phenoxy) is 7. The normalized spacial score (nSPS) is 21.7. The van der Waals surface area contributed by atoms with Gasteiger partial charge in [-0.2, -0.15) is 0 Å². The van der Waals surface area contributed by atoms with Gasteiger partial charge in [-0.1, -0.05) is 19.1 Å². The number of aromatic hydroxyl groups is 1. The molecule has 0 saturated carbocycles. The van der Waals surface area contributed by atoms with Crippen LogP contribution in [0.3, 0.4) is 0 Å². The Hall–Kier alpha value is -4.59. The molecule has 5 atom stereocenters. The second kappa shape index (κ2) is 15.0. The third kappa shape index (κ3) is 8.95. The van der Waals surface area contributed by atoms with Gasteiger partial charge in [0.2, 0.25) is 18.1 Å². The van der Waals surface area contributed by atoms with Crippen molar-refractivity contribution in [2.24, 2.45) is 0 Å². The summed E-state index contributed by atoms with van der Waals surface area (Å²) in [6, 6.07) is 4.08. The van der Waals surface area contributed by atoms with Gasteiger partial charge >= 0.3 is 29.5 Å². The Kier molecular flexibility index (Phi) is 11.5. The molecule has 43 heavy (non-hydrogen) atoms. The second-order valence-electron chi connectivity index (χ2n) is 9.43. The molecule has 0 unspecified atom stereocenters. The van der Waals surface area contributed by atoms with E-state index >= 15 is 0 Å². The molecule has 2 aromatic rings. The van der Waals surface area contributed by atoms with Crippen LogP contribution in [0.25, 0.3) is 11.0 Å². The van der Waals surface area contributed by atoms with Crippen molar-refractivity contribution in [1.82, 2.24) is 0 Å². The Morgan fingerprint density at radius 2 is 1.56 bits per heavy atom. The molecule has 1 aliphatic heterocycles. The van der Waals surface area contributed by atoms with E-state index in [-0.39, 0.29) is 29.1 Å². The van der Waals surface area contributed by atoms with Gasteiger partial charge in [0.05, 0.1) is 12.0 Å². The van der Waals surface area contributed by atoms with Gasteiger partial charge in [0.15, 0.2) is 18.0 Å². The van der Waals surface area contributed by atoms with E-state index in [1.165, 1.54) is 18.2 Å². The molecule has 0 amide bonds. The molecule has 14 heteroatoms. The van der Waals surface area contributed by atoms with Crippen molar-refractivity contribution in [3.05, 3.63) is 40.8 Å². The fourth-order valence-electron chi connectivity index (χ4n) is 4.28. The molecule has 0 radical (unpaired) electrons. The topological polar surface area (TPSA) is 183 Å². The molecule has 1 aromatic heterocycles. The Morgan fingerprint density at radius 1 is 0.907 bits per heavy atom. The van der Waals surface area contributed by atoms with Gasteiger partial charge in [-0.25, -0.2) is 4.79 Å². The Morgan fingerprint density at radius 3 is 2.19 bits per heavy atom. The first-order valence-corrected chi connectivity index (χ1v) is 13.5. The number of rotatable bonds is 12. The molecule has 0 aliphatic carbocycles. The summed E-state index contributed by atoms with van der Waals surface area (Å²) in [5.41, 5.74) is -0.988. The summed E-state index contributed by atoms with van der Waals surface area (Å²) < 4.78 is 43.8. The van der Waals surface area contributed by atoms with E-state index in [1.54, 1.807) is 0 Å². The van der Waals surface area contributed by atoms with Crippen LogP contribution in [0.4, 0.5) is 0 Å². The monoisotopic (exact) mass is 606 g/mol. The minimum atomic E-state index is -1.50. The highest BCUT2D eigenvalue weighted by Crippen LogP contribution is 2.35. The fraction of sp³-hybridized carbons (Fsp3) is 0.483. The van der Waals surface area contributed by atoms with E-state index in [2.05, 4.69) is 0 Å². The molecule has 1 N–H and O–H groups in total. The molecule has 14 nitrogen and oxygen atoms in total. The molecule has 0 bridgehead atoms. The van der Waals surface area contributed by atoms with Crippen molar-refractivity contribution in [3.63, 3.8) is 0 Å². The maximum atomic E-state index is 12.6. The summed E-state index contributed by atoms with van der Waals surface area (Å²) in [4.78, 5) is 60.0.